The molecule has 0 aliphatic carbocycles. The number of methoxy groups -OCH3 is 1. The summed E-state index contributed by atoms with van der Waals surface area (Å²) in [6.45, 7) is 6.53. The highest BCUT2D eigenvalue weighted by molar-refractivity contribution is 5.69. The van der Waals surface area contributed by atoms with Crippen molar-refractivity contribution in [1.82, 2.24) is 10.2 Å². The molecule has 1 fully saturated rings. The van der Waals surface area contributed by atoms with Crippen LogP contribution in [0.5, 0.6) is 0 Å². The summed E-state index contributed by atoms with van der Waals surface area (Å²) in [5, 5.41) is 3.38. The number of nitrogens with one attached hydrogen (secondary N) is 1. The van der Waals surface area contributed by atoms with Gasteiger partial charge in [-0.15, -0.1) is 0 Å². The highest BCUT2D eigenvalue weighted by Crippen LogP contribution is 2.12. The molecular weight excluding hydrogens is 204 g/mol. The zero-order chi connectivity index (χ0) is 11.8. The molecule has 0 radical (unpaired) electrons. The first-order valence-corrected chi connectivity index (χ1v) is 6.29. The number of hydrogen-bond donors (Lipinski definition) is 1. The van der Waals surface area contributed by atoms with Gasteiger partial charge in [-0.05, 0) is 45.4 Å². The van der Waals surface area contributed by atoms with Crippen molar-refractivity contribution in [2.45, 2.75) is 38.6 Å². The Labute approximate surface area is 98.3 Å². The Bertz CT molecular complexity index is 203. The molecule has 16 heavy (non-hydrogen) atoms. The average Bonchev–Trinajstić information content (AvgIpc) is 2.35. The second-order valence-corrected chi connectivity index (χ2v) is 4.29. The van der Waals surface area contributed by atoms with E-state index < -0.39 is 0 Å². The lowest BCUT2D eigenvalue weighted by atomic mass is 10.0. The third-order valence-electron chi connectivity index (χ3n) is 3.29. The van der Waals surface area contributed by atoms with Crippen LogP contribution in [0.3, 0.4) is 0 Å². The summed E-state index contributed by atoms with van der Waals surface area (Å²) in [7, 11) is 1.45. The molecule has 0 spiro atoms. The fourth-order valence-electron chi connectivity index (χ4n) is 2.30. The van der Waals surface area contributed by atoms with Gasteiger partial charge in [-0.2, -0.15) is 0 Å². The number of piperidine rings is 1. The van der Waals surface area contributed by atoms with Gasteiger partial charge in [-0.1, -0.05) is 6.92 Å². The number of carbonyl (C=O) groups is 1. The molecule has 0 amide bonds. The molecule has 0 saturated carbocycles. The van der Waals surface area contributed by atoms with Crippen molar-refractivity contribution in [3.8, 4) is 0 Å². The maximum absolute atomic E-state index is 11.0. The van der Waals surface area contributed by atoms with Crippen LogP contribution in [0.15, 0.2) is 0 Å². The van der Waals surface area contributed by atoms with Crippen LogP contribution in [0.1, 0.15) is 32.6 Å². The van der Waals surface area contributed by atoms with Gasteiger partial charge in [-0.25, -0.2) is 0 Å². The van der Waals surface area contributed by atoms with Crippen molar-refractivity contribution in [2.24, 2.45) is 0 Å². The minimum atomic E-state index is -0.0960. The Balaban J connectivity index is 2.22. The lowest BCUT2D eigenvalue weighted by Gasteiger charge is -2.33. The van der Waals surface area contributed by atoms with E-state index in [1.165, 1.54) is 20.0 Å². The Morgan fingerprint density at radius 3 is 2.69 bits per heavy atom. The monoisotopic (exact) mass is 228 g/mol. The quantitative estimate of drug-likeness (QED) is 0.689. The van der Waals surface area contributed by atoms with E-state index in [0.29, 0.717) is 12.5 Å². The van der Waals surface area contributed by atoms with Crippen molar-refractivity contribution in [2.75, 3.05) is 33.3 Å². The van der Waals surface area contributed by atoms with Gasteiger partial charge in [0.05, 0.1) is 7.11 Å². The molecule has 1 aliphatic heterocycles. The van der Waals surface area contributed by atoms with Crippen molar-refractivity contribution < 1.29 is 9.53 Å². The molecule has 1 N–H and O–H groups in total. The van der Waals surface area contributed by atoms with Gasteiger partial charge in [0.25, 0.3) is 0 Å². The maximum Gasteiger partial charge on any atom is 0.305 e. The maximum atomic E-state index is 11.0. The molecule has 4 nitrogen and oxygen atoms in total. The molecular formula is C12H24N2O2. The topological polar surface area (TPSA) is 41.6 Å². The van der Waals surface area contributed by atoms with Crippen LogP contribution in [-0.4, -0.2) is 50.2 Å². The minimum absolute atomic E-state index is 0.0960. The molecule has 0 unspecified atom stereocenters. The van der Waals surface area contributed by atoms with Gasteiger partial charge in [-0.3, -0.25) is 4.79 Å². The number of carbonyl (C=O) groups excluding carboxylic acids is 1. The van der Waals surface area contributed by atoms with Crippen LogP contribution in [0, 0.1) is 0 Å². The predicted molar refractivity (Wildman–Crippen MR) is 64.4 cm³/mol. The summed E-state index contributed by atoms with van der Waals surface area (Å²) in [4.78, 5) is 13.5. The standard InChI is InChI=1S/C12H24N2O2/c1-3-14(10-4-5-12(15)16-2)11-6-8-13-9-7-11/h11,13H,3-10H2,1-2H3. The van der Waals surface area contributed by atoms with E-state index in [4.69, 9.17) is 0 Å². The van der Waals surface area contributed by atoms with Gasteiger partial charge < -0.3 is 15.0 Å². The molecule has 0 bridgehead atoms. The Kier molecular flexibility index (Phi) is 6.42. The van der Waals surface area contributed by atoms with E-state index in [1.54, 1.807) is 0 Å². The highest BCUT2D eigenvalue weighted by Gasteiger charge is 2.19. The van der Waals surface area contributed by atoms with E-state index in [1.807, 2.05) is 0 Å². The van der Waals surface area contributed by atoms with E-state index >= 15 is 0 Å². The summed E-state index contributed by atoms with van der Waals surface area (Å²) in [5.41, 5.74) is 0. The first-order chi connectivity index (χ1) is 7.77. The molecule has 1 rings (SSSR count). The van der Waals surface area contributed by atoms with E-state index in [9.17, 15) is 4.79 Å². The minimum Gasteiger partial charge on any atom is -0.469 e. The fourth-order valence-corrected chi connectivity index (χ4v) is 2.30. The second-order valence-electron chi connectivity index (χ2n) is 4.29. The third-order valence-corrected chi connectivity index (χ3v) is 3.29. The third kappa shape index (κ3) is 4.49. The average molecular weight is 228 g/mol. The van der Waals surface area contributed by atoms with E-state index in [0.717, 1.165) is 32.6 Å². The van der Waals surface area contributed by atoms with Crippen molar-refractivity contribution in [3.63, 3.8) is 0 Å². The van der Waals surface area contributed by atoms with Gasteiger partial charge in [0, 0.05) is 12.5 Å². The summed E-state index contributed by atoms with van der Waals surface area (Å²) >= 11 is 0. The van der Waals surface area contributed by atoms with Gasteiger partial charge in [0.2, 0.25) is 0 Å². The van der Waals surface area contributed by atoms with Gasteiger partial charge in [0.1, 0.15) is 0 Å². The van der Waals surface area contributed by atoms with E-state index in [2.05, 4.69) is 21.9 Å². The zero-order valence-electron chi connectivity index (χ0n) is 10.5. The van der Waals surface area contributed by atoms with Gasteiger partial charge in [0.15, 0.2) is 0 Å². The normalized spacial score (nSPS) is 17.7. The van der Waals surface area contributed by atoms with Crippen LogP contribution in [0.25, 0.3) is 0 Å². The van der Waals surface area contributed by atoms with Crippen molar-refractivity contribution in [1.29, 1.82) is 0 Å². The van der Waals surface area contributed by atoms with Crippen LogP contribution in [-0.2, 0) is 9.53 Å². The number of hydrogen-bond acceptors (Lipinski definition) is 4. The first kappa shape index (κ1) is 13.5. The molecule has 1 saturated heterocycles. The van der Waals surface area contributed by atoms with Crippen LogP contribution in [0.4, 0.5) is 0 Å². The molecule has 0 atom stereocenters. The summed E-state index contributed by atoms with van der Waals surface area (Å²) in [6, 6.07) is 0.698. The molecule has 4 heteroatoms. The lowest BCUT2D eigenvalue weighted by molar-refractivity contribution is -0.140. The SMILES string of the molecule is CCN(CCCC(=O)OC)C1CCNCC1. The highest BCUT2D eigenvalue weighted by atomic mass is 16.5. The Morgan fingerprint density at radius 1 is 1.44 bits per heavy atom. The molecule has 1 aliphatic rings. The summed E-state index contributed by atoms with van der Waals surface area (Å²) in [5.74, 6) is -0.0960. The molecule has 0 aromatic rings. The summed E-state index contributed by atoms with van der Waals surface area (Å²) < 4.78 is 4.64. The molecule has 0 aromatic carbocycles. The Hall–Kier alpha value is -0.610. The molecule has 1 heterocycles. The fraction of sp³-hybridized carbons (Fsp3) is 0.917. The number of rotatable bonds is 6. The first-order valence-electron chi connectivity index (χ1n) is 6.29. The zero-order valence-corrected chi connectivity index (χ0v) is 10.5. The smallest absolute Gasteiger partial charge is 0.305 e. The largest absolute Gasteiger partial charge is 0.469 e. The van der Waals surface area contributed by atoms with Crippen LogP contribution < -0.4 is 5.32 Å². The molecule has 94 valence electrons. The second kappa shape index (κ2) is 7.63. The molecule has 0 aromatic heterocycles. The predicted octanol–water partition coefficient (Wildman–Crippen LogP) is 1.01. The van der Waals surface area contributed by atoms with E-state index in [-0.39, 0.29) is 5.97 Å². The van der Waals surface area contributed by atoms with Gasteiger partial charge >= 0.3 is 5.97 Å². The number of nitrogens with zero attached hydrogens (tertiary/aromatic N) is 1. The number of esters is 1. The van der Waals surface area contributed by atoms with Crippen molar-refractivity contribution in [3.05, 3.63) is 0 Å². The van der Waals surface area contributed by atoms with Crippen molar-refractivity contribution >= 4 is 5.97 Å². The Morgan fingerprint density at radius 2 is 2.12 bits per heavy atom. The van der Waals surface area contributed by atoms with Crippen LogP contribution in [0.2, 0.25) is 0 Å². The van der Waals surface area contributed by atoms with Crippen LogP contribution >= 0.6 is 0 Å². The lowest BCUT2D eigenvalue weighted by Crippen LogP contribution is -2.43. The summed E-state index contributed by atoms with van der Waals surface area (Å²) in [6.07, 6.45) is 3.90. The number of ether oxygens (including phenoxy) is 1.